The van der Waals surface area contributed by atoms with Crippen molar-refractivity contribution in [1.29, 1.82) is 0 Å². The maximum atomic E-state index is 11.7. The standard InChI is InChI=1S/C30H42N6O3S/c1-19(2)23-7-8-26(36-18-22(21(36)4)11-14-40(6,37)38)25-16-32-29(15-24(23)25)33-28-9-12-31-30(34-28)35-13-10-27(39-5)20(3)17-35/h7-9,12,15-16,19-22,27H,10-11,13-14,17-18H2,1-6H3,(H,31,32,33,34)/t20-,21+,22-,27-/m0/s1. The first kappa shape index (κ1) is 28.5. The van der Waals surface area contributed by atoms with Crippen LogP contribution in [0.3, 0.4) is 0 Å². The second kappa shape index (κ2) is 11.5. The molecular formula is C30H42N6O3S. The highest BCUT2D eigenvalue weighted by Gasteiger charge is 2.36. The summed E-state index contributed by atoms with van der Waals surface area (Å²) in [6.45, 7) is 11.4. The van der Waals surface area contributed by atoms with Crippen LogP contribution >= 0.6 is 0 Å². The van der Waals surface area contributed by atoms with Gasteiger partial charge in [-0.05, 0) is 66.7 Å². The predicted octanol–water partition coefficient (Wildman–Crippen LogP) is 5.01. The highest BCUT2D eigenvalue weighted by molar-refractivity contribution is 7.90. The van der Waals surface area contributed by atoms with Crippen molar-refractivity contribution in [3.8, 4) is 0 Å². The molecule has 0 aliphatic carbocycles. The monoisotopic (exact) mass is 566 g/mol. The number of ether oxygens (including phenoxy) is 1. The van der Waals surface area contributed by atoms with Gasteiger partial charge in [-0.1, -0.05) is 26.8 Å². The molecule has 1 aromatic carbocycles. The Labute approximate surface area is 238 Å². The number of anilines is 4. The first-order valence-corrected chi connectivity index (χ1v) is 16.3. The Bertz CT molecular complexity index is 1460. The molecule has 4 heterocycles. The molecule has 2 fully saturated rings. The lowest BCUT2D eigenvalue weighted by Crippen LogP contribution is -2.55. The van der Waals surface area contributed by atoms with E-state index in [1.165, 1.54) is 17.2 Å². The van der Waals surface area contributed by atoms with Gasteiger partial charge >= 0.3 is 0 Å². The van der Waals surface area contributed by atoms with E-state index in [0.29, 0.717) is 30.0 Å². The van der Waals surface area contributed by atoms with Gasteiger partial charge in [-0.2, -0.15) is 4.98 Å². The Morgan fingerprint density at radius 1 is 1.10 bits per heavy atom. The molecule has 2 saturated heterocycles. The fourth-order valence-corrected chi connectivity index (χ4v) is 6.86. The van der Waals surface area contributed by atoms with Gasteiger partial charge in [-0.25, -0.2) is 18.4 Å². The lowest BCUT2D eigenvalue weighted by atomic mass is 9.85. The molecule has 0 amide bonds. The van der Waals surface area contributed by atoms with Crippen molar-refractivity contribution in [2.24, 2.45) is 11.8 Å². The second-order valence-electron chi connectivity index (χ2n) is 11.9. The summed E-state index contributed by atoms with van der Waals surface area (Å²) in [5.74, 6) is 3.55. The first-order chi connectivity index (χ1) is 19.0. The topological polar surface area (TPSA) is 101 Å². The number of sulfone groups is 1. The minimum absolute atomic E-state index is 0.245. The molecule has 2 aromatic heterocycles. The molecule has 9 nitrogen and oxygen atoms in total. The van der Waals surface area contributed by atoms with Gasteiger partial charge in [0.1, 0.15) is 21.5 Å². The summed E-state index contributed by atoms with van der Waals surface area (Å²) in [6, 6.07) is 8.69. The summed E-state index contributed by atoms with van der Waals surface area (Å²) < 4.78 is 28.9. The molecule has 2 aliphatic rings. The lowest BCUT2D eigenvalue weighted by molar-refractivity contribution is 0.0442. The minimum Gasteiger partial charge on any atom is -0.381 e. The highest BCUT2D eigenvalue weighted by Crippen LogP contribution is 2.40. The van der Waals surface area contributed by atoms with E-state index in [-0.39, 0.29) is 17.9 Å². The van der Waals surface area contributed by atoms with Gasteiger partial charge < -0.3 is 19.9 Å². The zero-order valence-corrected chi connectivity index (χ0v) is 25.3. The van der Waals surface area contributed by atoms with Crippen LogP contribution in [0.25, 0.3) is 10.8 Å². The number of benzene rings is 1. The molecule has 0 spiro atoms. The Morgan fingerprint density at radius 2 is 1.90 bits per heavy atom. The zero-order chi connectivity index (χ0) is 28.6. The maximum absolute atomic E-state index is 11.7. The number of nitrogens with one attached hydrogen (secondary N) is 1. The van der Waals surface area contributed by atoms with E-state index < -0.39 is 9.84 Å². The third-order valence-electron chi connectivity index (χ3n) is 8.62. The number of rotatable bonds is 9. The number of methoxy groups -OCH3 is 1. The average molecular weight is 567 g/mol. The summed E-state index contributed by atoms with van der Waals surface area (Å²) in [7, 11) is -1.17. The van der Waals surface area contributed by atoms with E-state index in [9.17, 15) is 8.42 Å². The lowest BCUT2D eigenvalue weighted by Gasteiger charge is -2.48. The Hall–Kier alpha value is -2.98. The molecule has 3 aromatic rings. The third-order valence-corrected chi connectivity index (χ3v) is 9.60. The largest absolute Gasteiger partial charge is 0.381 e. The summed E-state index contributed by atoms with van der Waals surface area (Å²) in [5, 5.41) is 5.69. The molecule has 0 radical (unpaired) electrons. The van der Waals surface area contributed by atoms with Crippen LogP contribution in [0.2, 0.25) is 0 Å². The van der Waals surface area contributed by atoms with Gasteiger partial charge in [0.2, 0.25) is 5.95 Å². The van der Waals surface area contributed by atoms with Gasteiger partial charge in [0.15, 0.2) is 0 Å². The van der Waals surface area contributed by atoms with Crippen LogP contribution in [0, 0.1) is 11.8 Å². The number of piperidine rings is 1. The predicted molar refractivity (Wildman–Crippen MR) is 163 cm³/mol. The van der Waals surface area contributed by atoms with E-state index in [1.54, 1.807) is 13.3 Å². The number of pyridine rings is 1. The van der Waals surface area contributed by atoms with Crippen LogP contribution in [0.15, 0.2) is 36.7 Å². The Balaban J connectivity index is 1.37. The van der Waals surface area contributed by atoms with Crippen LogP contribution < -0.4 is 15.1 Å². The van der Waals surface area contributed by atoms with Crippen LogP contribution in [-0.2, 0) is 14.6 Å². The normalized spacial score (nSPS) is 23.5. The van der Waals surface area contributed by atoms with Crippen molar-refractivity contribution >= 4 is 43.9 Å². The molecule has 0 saturated carbocycles. The summed E-state index contributed by atoms with van der Waals surface area (Å²) in [5.41, 5.74) is 2.42. The van der Waals surface area contributed by atoms with Crippen molar-refractivity contribution in [1.82, 2.24) is 15.0 Å². The second-order valence-corrected chi connectivity index (χ2v) is 14.1. The number of hydrogen-bond donors (Lipinski definition) is 1. The van der Waals surface area contributed by atoms with E-state index in [2.05, 4.69) is 66.0 Å². The quantitative estimate of drug-likeness (QED) is 0.383. The van der Waals surface area contributed by atoms with Gasteiger partial charge in [0.05, 0.1) is 11.9 Å². The molecule has 40 heavy (non-hydrogen) atoms. The highest BCUT2D eigenvalue weighted by atomic mass is 32.2. The maximum Gasteiger partial charge on any atom is 0.227 e. The van der Waals surface area contributed by atoms with E-state index in [0.717, 1.165) is 48.9 Å². The molecule has 5 rings (SSSR count). The van der Waals surface area contributed by atoms with Crippen molar-refractivity contribution in [2.45, 2.75) is 58.6 Å². The number of hydrogen-bond acceptors (Lipinski definition) is 9. The van der Waals surface area contributed by atoms with Gasteiger partial charge in [-0.15, -0.1) is 0 Å². The number of fused-ring (bicyclic) bond motifs is 1. The zero-order valence-electron chi connectivity index (χ0n) is 24.5. The SMILES string of the molecule is CO[C@H]1CCN(c2nccc(Nc3cc4c(C(C)C)ccc(N5C[C@H](CCS(C)(=O)=O)[C@H]5C)c4cn3)n2)C[C@@H]1C. The van der Waals surface area contributed by atoms with Crippen LogP contribution in [0.4, 0.5) is 23.3 Å². The van der Waals surface area contributed by atoms with Gasteiger partial charge in [-0.3, -0.25) is 0 Å². The molecule has 10 heteroatoms. The number of nitrogens with zero attached hydrogens (tertiary/aromatic N) is 5. The minimum atomic E-state index is -2.95. The van der Waals surface area contributed by atoms with E-state index in [1.807, 2.05) is 12.3 Å². The molecular weight excluding hydrogens is 524 g/mol. The molecule has 0 unspecified atom stereocenters. The molecule has 216 valence electrons. The molecule has 2 aliphatic heterocycles. The Kier molecular flexibility index (Phi) is 8.20. The fraction of sp³-hybridized carbons (Fsp3) is 0.567. The van der Waals surface area contributed by atoms with Crippen LogP contribution in [-0.4, -0.2) is 74.3 Å². The average Bonchev–Trinajstić information content (AvgIpc) is 2.91. The smallest absolute Gasteiger partial charge is 0.227 e. The van der Waals surface area contributed by atoms with Crippen molar-refractivity contribution < 1.29 is 13.2 Å². The van der Waals surface area contributed by atoms with Crippen LogP contribution in [0.5, 0.6) is 0 Å². The van der Waals surface area contributed by atoms with E-state index in [4.69, 9.17) is 14.7 Å². The first-order valence-electron chi connectivity index (χ1n) is 14.3. The van der Waals surface area contributed by atoms with Crippen LogP contribution in [0.1, 0.15) is 52.0 Å². The van der Waals surface area contributed by atoms with Crippen molar-refractivity contribution in [3.63, 3.8) is 0 Å². The summed E-state index contributed by atoms with van der Waals surface area (Å²) >= 11 is 0. The molecule has 0 bridgehead atoms. The summed E-state index contributed by atoms with van der Waals surface area (Å²) in [4.78, 5) is 18.7. The van der Waals surface area contributed by atoms with Gasteiger partial charge in [0, 0.05) is 62.5 Å². The van der Waals surface area contributed by atoms with Crippen molar-refractivity contribution in [3.05, 3.63) is 42.2 Å². The van der Waals surface area contributed by atoms with Crippen molar-refractivity contribution in [2.75, 3.05) is 53.9 Å². The van der Waals surface area contributed by atoms with E-state index >= 15 is 0 Å². The fourth-order valence-electron chi connectivity index (χ4n) is 6.13. The third kappa shape index (κ3) is 6.02. The molecule has 1 N–H and O–H groups in total. The molecule has 4 atom stereocenters. The van der Waals surface area contributed by atoms with Gasteiger partial charge in [0.25, 0.3) is 0 Å². The summed E-state index contributed by atoms with van der Waals surface area (Å²) in [6.07, 6.45) is 7.00. The Morgan fingerprint density at radius 3 is 2.58 bits per heavy atom. The number of aromatic nitrogens is 3.